The van der Waals surface area contributed by atoms with Crippen LogP contribution in [0, 0.1) is 0 Å². The minimum Gasteiger partial charge on any atom is -0.459 e. The number of rotatable bonds is 7. The Hall–Kier alpha value is -4.45. The maximum Gasteiger partial charge on any atom is 0.291 e. The lowest BCUT2D eigenvalue weighted by Gasteiger charge is -2.10. The summed E-state index contributed by atoms with van der Waals surface area (Å²) in [5.74, 6) is -0.645. The molecule has 4 aromatic rings. The van der Waals surface area contributed by atoms with E-state index >= 15 is 0 Å². The van der Waals surface area contributed by atoms with Crippen molar-refractivity contribution in [2.24, 2.45) is 0 Å². The third-order valence-corrected chi connectivity index (χ3v) is 4.86. The first-order chi connectivity index (χ1) is 15.6. The maximum absolute atomic E-state index is 12.8. The predicted octanol–water partition coefficient (Wildman–Crippen LogP) is 4.69. The number of anilines is 1. The van der Waals surface area contributed by atoms with E-state index in [9.17, 15) is 14.4 Å². The van der Waals surface area contributed by atoms with Crippen molar-refractivity contribution in [1.82, 2.24) is 5.32 Å². The van der Waals surface area contributed by atoms with E-state index in [1.807, 2.05) is 6.07 Å². The summed E-state index contributed by atoms with van der Waals surface area (Å²) >= 11 is 0. The highest BCUT2D eigenvalue weighted by Gasteiger charge is 2.17. The van der Waals surface area contributed by atoms with Crippen molar-refractivity contribution < 1.29 is 18.8 Å². The average molecular weight is 424 g/mol. The summed E-state index contributed by atoms with van der Waals surface area (Å²) in [6.07, 6.45) is 1.44. The van der Waals surface area contributed by atoms with Crippen molar-refractivity contribution in [3.05, 3.63) is 125 Å². The molecule has 0 radical (unpaired) electrons. The standard InChI is InChI=1S/C26H20N2O4/c29-24(19-7-2-1-3-8-19)21-9-4-5-10-22(21)25(30)27-17-18-12-14-20(15-13-18)28-26(31)23-11-6-16-32-23/h1-16H,17H2,(H,27,30)(H,28,31). The summed E-state index contributed by atoms with van der Waals surface area (Å²) < 4.78 is 5.07. The molecule has 158 valence electrons. The molecule has 0 aliphatic heterocycles. The fourth-order valence-corrected chi connectivity index (χ4v) is 3.21. The third-order valence-electron chi connectivity index (χ3n) is 4.86. The van der Waals surface area contributed by atoms with Crippen molar-refractivity contribution in [3.63, 3.8) is 0 Å². The number of hydrogen-bond donors (Lipinski definition) is 2. The van der Waals surface area contributed by atoms with Crippen LogP contribution < -0.4 is 10.6 Å². The second kappa shape index (κ2) is 9.57. The van der Waals surface area contributed by atoms with Gasteiger partial charge >= 0.3 is 0 Å². The van der Waals surface area contributed by atoms with Gasteiger partial charge in [0.15, 0.2) is 11.5 Å². The molecule has 0 aliphatic rings. The van der Waals surface area contributed by atoms with Gasteiger partial charge in [-0.15, -0.1) is 0 Å². The SMILES string of the molecule is O=C(Nc1ccc(CNC(=O)c2ccccc2C(=O)c2ccccc2)cc1)c1ccco1. The molecule has 6 nitrogen and oxygen atoms in total. The monoisotopic (exact) mass is 424 g/mol. The third kappa shape index (κ3) is 4.82. The van der Waals surface area contributed by atoms with Gasteiger partial charge in [-0.1, -0.05) is 60.7 Å². The minimum atomic E-state index is -0.337. The zero-order valence-electron chi connectivity index (χ0n) is 17.1. The topological polar surface area (TPSA) is 88.4 Å². The summed E-state index contributed by atoms with van der Waals surface area (Å²) in [6.45, 7) is 0.277. The first-order valence-corrected chi connectivity index (χ1v) is 10.0. The van der Waals surface area contributed by atoms with Gasteiger partial charge in [-0.3, -0.25) is 14.4 Å². The summed E-state index contributed by atoms with van der Waals surface area (Å²) in [6, 6.07) is 26.0. The van der Waals surface area contributed by atoms with Crippen LogP contribution in [-0.2, 0) is 6.54 Å². The van der Waals surface area contributed by atoms with E-state index in [1.54, 1.807) is 84.9 Å². The molecule has 0 saturated carbocycles. The fourth-order valence-electron chi connectivity index (χ4n) is 3.21. The quantitative estimate of drug-likeness (QED) is 0.421. The van der Waals surface area contributed by atoms with E-state index < -0.39 is 0 Å². The molecular weight excluding hydrogens is 404 g/mol. The Morgan fingerprint density at radius 1 is 0.688 bits per heavy atom. The van der Waals surface area contributed by atoms with Crippen LogP contribution in [0.15, 0.2) is 102 Å². The first-order valence-electron chi connectivity index (χ1n) is 10.0. The van der Waals surface area contributed by atoms with Gasteiger partial charge in [0.05, 0.1) is 11.8 Å². The van der Waals surface area contributed by atoms with Gasteiger partial charge in [-0.05, 0) is 35.9 Å². The fraction of sp³-hybridized carbons (Fsp3) is 0.0385. The van der Waals surface area contributed by atoms with Gasteiger partial charge in [0.25, 0.3) is 11.8 Å². The normalized spacial score (nSPS) is 10.4. The first kappa shape index (κ1) is 20.8. The number of nitrogens with one attached hydrogen (secondary N) is 2. The summed E-state index contributed by atoms with van der Waals surface area (Å²) in [7, 11) is 0. The van der Waals surface area contributed by atoms with Crippen molar-refractivity contribution >= 4 is 23.3 Å². The average Bonchev–Trinajstić information content (AvgIpc) is 3.39. The molecule has 1 aromatic heterocycles. The molecule has 2 N–H and O–H groups in total. The Labute approximate surface area is 184 Å². The highest BCUT2D eigenvalue weighted by molar-refractivity contribution is 6.15. The molecule has 0 fully saturated rings. The van der Waals surface area contributed by atoms with Crippen molar-refractivity contribution in [3.8, 4) is 0 Å². The molecule has 0 aliphatic carbocycles. The van der Waals surface area contributed by atoms with Gasteiger partial charge in [0.1, 0.15) is 0 Å². The number of hydrogen-bond acceptors (Lipinski definition) is 4. The molecule has 0 unspecified atom stereocenters. The smallest absolute Gasteiger partial charge is 0.291 e. The highest BCUT2D eigenvalue weighted by Crippen LogP contribution is 2.16. The Balaban J connectivity index is 1.40. The van der Waals surface area contributed by atoms with Crippen LogP contribution in [0.5, 0.6) is 0 Å². The van der Waals surface area contributed by atoms with E-state index in [-0.39, 0.29) is 29.9 Å². The predicted molar refractivity (Wildman–Crippen MR) is 121 cm³/mol. The van der Waals surface area contributed by atoms with Crippen LogP contribution in [0.4, 0.5) is 5.69 Å². The van der Waals surface area contributed by atoms with Crippen LogP contribution in [0.25, 0.3) is 0 Å². The number of carbonyl (C=O) groups is 3. The molecule has 0 saturated heterocycles. The molecule has 0 bridgehead atoms. The van der Waals surface area contributed by atoms with Crippen LogP contribution in [0.3, 0.4) is 0 Å². The number of benzene rings is 3. The summed E-state index contributed by atoms with van der Waals surface area (Å²) in [5.41, 5.74) is 2.66. The molecule has 2 amide bonds. The Bertz CT molecular complexity index is 1230. The van der Waals surface area contributed by atoms with Crippen LogP contribution >= 0.6 is 0 Å². The molecule has 32 heavy (non-hydrogen) atoms. The van der Waals surface area contributed by atoms with E-state index in [4.69, 9.17) is 4.42 Å². The molecule has 3 aromatic carbocycles. The number of ketones is 1. The van der Waals surface area contributed by atoms with E-state index in [0.29, 0.717) is 22.4 Å². The second-order valence-corrected chi connectivity index (χ2v) is 7.05. The lowest BCUT2D eigenvalue weighted by atomic mass is 9.98. The van der Waals surface area contributed by atoms with E-state index in [1.165, 1.54) is 6.26 Å². The van der Waals surface area contributed by atoms with Gasteiger partial charge in [0, 0.05) is 23.4 Å². The van der Waals surface area contributed by atoms with E-state index in [0.717, 1.165) is 5.56 Å². The molecular formula is C26H20N2O4. The van der Waals surface area contributed by atoms with Crippen molar-refractivity contribution in [2.75, 3.05) is 5.32 Å². The minimum absolute atomic E-state index is 0.201. The Morgan fingerprint density at radius 2 is 1.38 bits per heavy atom. The summed E-state index contributed by atoms with van der Waals surface area (Å²) in [5, 5.41) is 5.59. The maximum atomic E-state index is 12.8. The highest BCUT2D eigenvalue weighted by atomic mass is 16.3. The number of carbonyl (C=O) groups excluding carboxylic acids is 3. The lowest BCUT2D eigenvalue weighted by Crippen LogP contribution is -2.25. The summed E-state index contributed by atoms with van der Waals surface area (Å²) in [4.78, 5) is 37.7. The number of amides is 2. The zero-order chi connectivity index (χ0) is 22.3. The van der Waals surface area contributed by atoms with Crippen LogP contribution in [0.2, 0.25) is 0 Å². The zero-order valence-corrected chi connectivity index (χ0v) is 17.1. The Morgan fingerprint density at radius 3 is 2.06 bits per heavy atom. The lowest BCUT2D eigenvalue weighted by molar-refractivity contribution is 0.0939. The second-order valence-electron chi connectivity index (χ2n) is 7.05. The van der Waals surface area contributed by atoms with Gasteiger partial charge in [-0.2, -0.15) is 0 Å². The molecule has 0 atom stereocenters. The van der Waals surface area contributed by atoms with Crippen LogP contribution in [0.1, 0.15) is 42.4 Å². The molecule has 1 heterocycles. The van der Waals surface area contributed by atoms with Gasteiger partial charge in [-0.25, -0.2) is 0 Å². The van der Waals surface area contributed by atoms with Crippen molar-refractivity contribution in [2.45, 2.75) is 6.54 Å². The Kier molecular flexibility index (Phi) is 6.22. The number of furan rings is 1. The van der Waals surface area contributed by atoms with E-state index in [2.05, 4.69) is 10.6 Å². The van der Waals surface area contributed by atoms with Gasteiger partial charge in [0.2, 0.25) is 0 Å². The molecule has 6 heteroatoms. The van der Waals surface area contributed by atoms with Crippen molar-refractivity contribution in [1.29, 1.82) is 0 Å². The van der Waals surface area contributed by atoms with Gasteiger partial charge < -0.3 is 15.1 Å². The molecule has 0 spiro atoms. The largest absolute Gasteiger partial charge is 0.459 e. The molecule has 4 rings (SSSR count). The van der Waals surface area contributed by atoms with Crippen LogP contribution in [-0.4, -0.2) is 17.6 Å².